The molecule has 0 aliphatic carbocycles. The first kappa shape index (κ1) is 17.9. The quantitative estimate of drug-likeness (QED) is 0.440. The van der Waals surface area contributed by atoms with E-state index in [0.29, 0.717) is 0 Å². The topological polar surface area (TPSA) is 80.5 Å². The molecule has 0 atom stereocenters. The lowest BCUT2D eigenvalue weighted by Gasteiger charge is -2.24. The lowest BCUT2D eigenvalue weighted by Crippen LogP contribution is -2.31. The van der Waals surface area contributed by atoms with Gasteiger partial charge in [0.25, 0.3) is 15.7 Å². The van der Waals surface area contributed by atoms with Crippen molar-refractivity contribution in [1.29, 1.82) is 0 Å². The second kappa shape index (κ2) is 6.98. The third-order valence-corrected chi connectivity index (χ3v) is 5.22. The highest BCUT2D eigenvalue weighted by Gasteiger charge is 2.27. The SMILES string of the molecule is C=CCN(c1cc([N+](=O)[O-])ccc1Cl)S(=O)(=O)c1ccc(F)cc1. The van der Waals surface area contributed by atoms with E-state index >= 15 is 0 Å². The Morgan fingerprint density at radius 3 is 2.42 bits per heavy atom. The summed E-state index contributed by atoms with van der Waals surface area (Å²) < 4.78 is 39.5. The van der Waals surface area contributed by atoms with Crippen LogP contribution in [0.25, 0.3) is 0 Å². The summed E-state index contributed by atoms with van der Waals surface area (Å²) in [5, 5.41) is 11.0. The number of hydrogen-bond donors (Lipinski definition) is 0. The number of nitro groups is 1. The van der Waals surface area contributed by atoms with E-state index in [1.807, 2.05) is 0 Å². The molecule has 9 heteroatoms. The number of sulfonamides is 1. The molecule has 0 aromatic heterocycles. The molecule has 2 aromatic rings. The van der Waals surface area contributed by atoms with E-state index in [9.17, 15) is 22.9 Å². The number of rotatable bonds is 6. The molecular formula is C15H12ClFN2O4S. The molecular weight excluding hydrogens is 359 g/mol. The van der Waals surface area contributed by atoms with Crippen molar-refractivity contribution in [3.8, 4) is 0 Å². The van der Waals surface area contributed by atoms with Crippen LogP contribution in [0.5, 0.6) is 0 Å². The minimum absolute atomic E-state index is 0.0214. The minimum atomic E-state index is -4.11. The Bertz CT molecular complexity index is 885. The fraction of sp³-hybridized carbons (Fsp3) is 0.0667. The number of benzene rings is 2. The first-order valence-corrected chi connectivity index (χ1v) is 8.42. The highest BCUT2D eigenvalue weighted by Crippen LogP contribution is 2.33. The van der Waals surface area contributed by atoms with E-state index < -0.39 is 20.8 Å². The maximum Gasteiger partial charge on any atom is 0.271 e. The van der Waals surface area contributed by atoms with Gasteiger partial charge in [-0.1, -0.05) is 17.7 Å². The summed E-state index contributed by atoms with van der Waals surface area (Å²) in [5.41, 5.74) is -0.368. The van der Waals surface area contributed by atoms with E-state index in [1.54, 1.807) is 0 Å². The van der Waals surface area contributed by atoms with Crippen LogP contribution in [0.1, 0.15) is 0 Å². The van der Waals surface area contributed by atoms with Crippen molar-refractivity contribution in [3.63, 3.8) is 0 Å². The monoisotopic (exact) mass is 370 g/mol. The number of nitrogens with zero attached hydrogens (tertiary/aromatic N) is 2. The molecule has 0 unspecified atom stereocenters. The van der Waals surface area contributed by atoms with Gasteiger partial charge >= 0.3 is 0 Å². The maximum atomic E-state index is 13.0. The summed E-state index contributed by atoms with van der Waals surface area (Å²) in [6, 6.07) is 7.70. The second-order valence-corrected chi connectivity index (χ2v) is 6.94. The average Bonchev–Trinajstić information content (AvgIpc) is 2.53. The van der Waals surface area contributed by atoms with Crippen molar-refractivity contribution in [3.05, 3.63) is 76.1 Å². The molecule has 0 radical (unpaired) electrons. The Kier molecular flexibility index (Phi) is 5.20. The van der Waals surface area contributed by atoms with Crippen molar-refractivity contribution < 1.29 is 17.7 Å². The van der Waals surface area contributed by atoms with Crippen LogP contribution < -0.4 is 4.31 Å². The van der Waals surface area contributed by atoms with Gasteiger partial charge in [0.15, 0.2) is 0 Å². The van der Waals surface area contributed by atoms with E-state index in [-0.39, 0.29) is 27.8 Å². The Balaban J connectivity index is 2.61. The summed E-state index contributed by atoms with van der Waals surface area (Å²) in [5.74, 6) is -0.586. The van der Waals surface area contributed by atoms with Crippen molar-refractivity contribution >= 4 is 33.0 Å². The predicted octanol–water partition coefficient (Wildman–Crippen LogP) is 3.77. The summed E-state index contributed by atoms with van der Waals surface area (Å²) in [4.78, 5) is 10.1. The number of nitro benzene ring substituents is 1. The largest absolute Gasteiger partial charge is 0.271 e. The van der Waals surface area contributed by atoms with Gasteiger partial charge < -0.3 is 0 Å². The molecule has 6 nitrogen and oxygen atoms in total. The van der Waals surface area contributed by atoms with E-state index in [1.165, 1.54) is 18.2 Å². The molecule has 0 heterocycles. The smallest absolute Gasteiger partial charge is 0.261 e. The first-order chi connectivity index (χ1) is 11.3. The minimum Gasteiger partial charge on any atom is -0.261 e. The zero-order valence-electron chi connectivity index (χ0n) is 12.2. The van der Waals surface area contributed by atoms with E-state index in [4.69, 9.17) is 11.6 Å². The molecule has 24 heavy (non-hydrogen) atoms. The van der Waals surface area contributed by atoms with Crippen LogP contribution >= 0.6 is 11.6 Å². The van der Waals surface area contributed by atoms with Crippen molar-refractivity contribution in [2.45, 2.75) is 4.90 Å². The zero-order valence-corrected chi connectivity index (χ0v) is 13.8. The van der Waals surface area contributed by atoms with Crippen LogP contribution in [0.3, 0.4) is 0 Å². The third-order valence-electron chi connectivity index (χ3n) is 3.11. The molecule has 0 amide bonds. The molecule has 2 aromatic carbocycles. The zero-order chi connectivity index (χ0) is 17.9. The normalized spacial score (nSPS) is 11.1. The Morgan fingerprint density at radius 1 is 1.25 bits per heavy atom. The second-order valence-electron chi connectivity index (χ2n) is 4.67. The Morgan fingerprint density at radius 2 is 1.88 bits per heavy atom. The summed E-state index contributed by atoms with van der Waals surface area (Å²) in [6.07, 6.45) is 1.32. The van der Waals surface area contributed by atoms with Gasteiger partial charge in [-0.05, 0) is 30.3 Å². The fourth-order valence-electron chi connectivity index (χ4n) is 1.98. The Hall–Kier alpha value is -2.45. The van der Waals surface area contributed by atoms with Crippen molar-refractivity contribution in [2.75, 3.05) is 10.8 Å². The van der Waals surface area contributed by atoms with E-state index in [0.717, 1.165) is 34.6 Å². The molecule has 126 valence electrons. The molecule has 0 bridgehead atoms. The number of anilines is 1. The van der Waals surface area contributed by atoms with E-state index in [2.05, 4.69) is 6.58 Å². The van der Waals surface area contributed by atoms with Gasteiger partial charge in [-0.2, -0.15) is 0 Å². The van der Waals surface area contributed by atoms with Gasteiger partial charge in [-0.3, -0.25) is 14.4 Å². The highest BCUT2D eigenvalue weighted by atomic mass is 35.5. The number of halogens is 2. The van der Waals surface area contributed by atoms with Crippen LogP contribution in [0.4, 0.5) is 15.8 Å². The van der Waals surface area contributed by atoms with Crippen LogP contribution in [-0.4, -0.2) is 19.9 Å². The van der Waals surface area contributed by atoms with Gasteiger partial charge in [0.1, 0.15) is 5.82 Å². The fourth-order valence-corrected chi connectivity index (χ4v) is 3.70. The Labute approximate surface area is 143 Å². The third kappa shape index (κ3) is 3.55. The number of non-ortho nitro benzene ring substituents is 1. The van der Waals surface area contributed by atoms with Crippen LogP contribution in [0, 0.1) is 15.9 Å². The first-order valence-electron chi connectivity index (χ1n) is 6.60. The van der Waals surface area contributed by atoms with Gasteiger partial charge in [0.2, 0.25) is 0 Å². The van der Waals surface area contributed by atoms with Crippen molar-refractivity contribution in [1.82, 2.24) is 0 Å². The highest BCUT2D eigenvalue weighted by molar-refractivity contribution is 7.92. The van der Waals surface area contributed by atoms with Crippen LogP contribution in [0.15, 0.2) is 60.0 Å². The molecule has 0 N–H and O–H groups in total. The van der Waals surface area contributed by atoms with Gasteiger partial charge in [-0.25, -0.2) is 12.8 Å². The van der Waals surface area contributed by atoms with Gasteiger partial charge in [-0.15, -0.1) is 6.58 Å². The van der Waals surface area contributed by atoms with Crippen LogP contribution in [-0.2, 0) is 10.0 Å². The average molecular weight is 371 g/mol. The predicted molar refractivity (Wildman–Crippen MR) is 89.2 cm³/mol. The number of hydrogen-bond acceptors (Lipinski definition) is 4. The lowest BCUT2D eigenvalue weighted by molar-refractivity contribution is -0.384. The molecule has 0 spiro atoms. The van der Waals surface area contributed by atoms with Gasteiger partial charge in [0.05, 0.1) is 27.1 Å². The van der Waals surface area contributed by atoms with Gasteiger partial charge in [0, 0.05) is 12.1 Å². The van der Waals surface area contributed by atoms with Crippen LogP contribution in [0.2, 0.25) is 5.02 Å². The molecule has 0 aliphatic rings. The maximum absolute atomic E-state index is 13.0. The summed E-state index contributed by atoms with van der Waals surface area (Å²) in [7, 11) is -4.11. The summed E-state index contributed by atoms with van der Waals surface area (Å²) >= 11 is 6.03. The molecule has 0 saturated heterocycles. The lowest BCUT2D eigenvalue weighted by atomic mass is 10.3. The molecule has 0 fully saturated rings. The molecule has 2 rings (SSSR count). The summed E-state index contributed by atoms with van der Waals surface area (Å²) in [6.45, 7) is 3.33. The van der Waals surface area contributed by atoms with Crippen molar-refractivity contribution in [2.24, 2.45) is 0 Å². The molecule has 0 saturated carbocycles. The molecule has 0 aliphatic heterocycles. The standard InChI is InChI=1S/C15H12ClFN2O4S/c1-2-9-18(15-10-12(19(20)21)5-8-14(15)16)24(22,23)13-6-3-11(17)4-7-13/h2-8,10H,1,9H2.